The smallest absolute Gasteiger partial charge is 0.248 e. The van der Waals surface area contributed by atoms with E-state index in [-0.39, 0.29) is 5.91 Å². The number of benzene rings is 1. The molecule has 9 heteroatoms. The monoisotopic (exact) mass is 408 g/mol. The first-order chi connectivity index (χ1) is 14.0. The van der Waals surface area contributed by atoms with E-state index in [0.29, 0.717) is 28.8 Å². The molecule has 0 radical (unpaired) electrons. The molecule has 0 saturated carbocycles. The number of hydrogen-bond acceptors (Lipinski definition) is 6. The Hall–Kier alpha value is -3.46. The number of carbonyl (C=O) groups is 2. The second-order valence-corrected chi connectivity index (χ2v) is 7.44. The fourth-order valence-corrected chi connectivity index (χ4v) is 3.42. The highest BCUT2D eigenvalue weighted by Gasteiger charge is 2.20. The molecule has 3 aromatic rings. The number of nitrogens with one attached hydrogen (secondary N) is 1. The SMILES string of the molecule is C=CCn1c(S[C@H](C)C(=O)Nc2ccc(C(N)=O)cc2)nnc1-c1ccncc1. The molecule has 0 bridgehead atoms. The van der Waals surface area contributed by atoms with Crippen molar-refractivity contribution in [2.75, 3.05) is 5.32 Å². The minimum atomic E-state index is -0.515. The van der Waals surface area contributed by atoms with Crippen LogP contribution in [0.1, 0.15) is 17.3 Å². The van der Waals surface area contributed by atoms with Gasteiger partial charge in [0.05, 0.1) is 5.25 Å². The zero-order chi connectivity index (χ0) is 20.8. The van der Waals surface area contributed by atoms with Gasteiger partial charge in [-0.05, 0) is 43.3 Å². The molecule has 148 valence electrons. The summed E-state index contributed by atoms with van der Waals surface area (Å²) >= 11 is 1.30. The summed E-state index contributed by atoms with van der Waals surface area (Å²) in [5, 5.41) is 11.5. The summed E-state index contributed by atoms with van der Waals surface area (Å²) in [6.07, 6.45) is 5.13. The molecule has 8 nitrogen and oxygen atoms in total. The van der Waals surface area contributed by atoms with Crippen molar-refractivity contribution in [2.24, 2.45) is 5.73 Å². The third-order valence-corrected chi connectivity index (χ3v) is 5.14. The van der Waals surface area contributed by atoms with Crippen molar-refractivity contribution in [1.82, 2.24) is 19.7 Å². The number of primary amides is 1. The summed E-state index contributed by atoms with van der Waals surface area (Å²) in [4.78, 5) is 27.7. The topological polar surface area (TPSA) is 116 Å². The second-order valence-electron chi connectivity index (χ2n) is 6.13. The Bertz CT molecular complexity index is 1020. The average Bonchev–Trinajstić information content (AvgIpc) is 3.11. The molecule has 2 amide bonds. The Labute approximate surface area is 172 Å². The van der Waals surface area contributed by atoms with Gasteiger partial charge in [-0.2, -0.15) is 0 Å². The fourth-order valence-electron chi connectivity index (χ4n) is 2.56. The number of nitrogens with zero attached hydrogens (tertiary/aromatic N) is 4. The average molecular weight is 408 g/mol. The van der Waals surface area contributed by atoms with Gasteiger partial charge in [0, 0.05) is 35.8 Å². The first kappa shape index (κ1) is 20.3. The van der Waals surface area contributed by atoms with Crippen molar-refractivity contribution in [1.29, 1.82) is 0 Å². The maximum Gasteiger partial charge on any atom is 0.248 e. The van der Waals surface area contributed by atoms with Crippen molar-refractivity contribution in [3.8, 4) is 11.4 Å². The first-order valence-corrected chi connectivity index (χ1v) is 9.69. The molecular weight excluding hydrogens is 388 g/mol. The van der Waals surface area contributed by atoms with Crippen LogP contribution in [0.4, 0.5) is 5.69 Å². The number of aromatic nitrogens is 4. The summed E-state index contributed by atoms with van der Waals surface area (Å²) in [6.45, 7) is 6.09. The van der Waals surface area contributed by atoms with Crippen LogP contribution in [0.15, 0.2) is 66.6 Å². The summed E-state index contributed by atoms with van der Waals surface area (Å²) < 4.78 is 1.90. The quantitative estimate of drug-likeness (QED) is 0.437. The van der Waals surface area contributed by atoms with Crippen LogP contribution in [-0.2, 0) is 11.3 Å². The summed E-state index contributed by atoms with van der Waals surface area (Å²) in [7, 11) is 0. The van der Waals surface area contributed by atoms with Crippen molar-refractivity contribution in [3.63, 3.8) is 0 Å². The van der Waals surface area contributed by atoms with Crippen LogP contribution in [-0.4, -0.2) is 36.8 Å². The van der Waals surface area contributed by atoms with E-state index in [0.717, 1.165) is 5.56 Å². The van der Waals surface area contributed by atoms with Crippen LogP contribution < -0.4 is 11.1 Å². The zero-order valence-electron chi connectivity index (χ0n) is 15.8. The Balaban J connectivity index is 1.73. The molecule has 0 saturated heterocycles. The van der Waals surface area contributed by atoms with Gasteiger partial charge in [-0.15, -0.1) is 16.8 Å². The predicted octanol–water partition coefficient (Wildman–Crippen LogP) is 2.74. The number of carbonyl (C=O) groups excluding carboxylic acids is 2. The zero-order valence-corrected chi connectivity index (χ0v) is 16.6. The normalized spacial score (nSPS) is 11.6. The van der Waals surface area contributed by atoms with E-state index in [9.17, 15) is 9.59 Å². The molecule has 0 aliphatic carbocycles. The van der Waals surface area contributed by atoms with E-state index in [4.69, 9.17) is 5.73 Å². The van der Waals surface area contributed by atoms with Crippen molar-refractivity contribution in [3.05, 3.63) is 67.0 Å². The maximum absolute atomic E-state index is 12.6. The lowest BCUT2D eigenvalue weighted by atomic mass is 10.2. The van der Waals surface area contributed by atoms with E-state index in [2.05, 4.69) is 27.1 Å². The van der Waals surface area contributed by atoms with Gasteiger partial charge in [0.15, 0.2) is 11.0 Å². The van der Waals surface area contributed by atoms with Gasteiger partial charge in [-0.3, -0.25) is 19.1 Å². The van der Waals surface area contributed by atoms with Crippen LogP contribution in [0.3, 0.4) is 0 Å². The molecule has 2 aromatic heterocycles. The summed E-state index contributed by atoms with van der Waals surface area (Å²) in [5.41, 5.74) is 7.07. The number of amides is 2. The number of allylic oxidation sites excluding steroid dienone is 1. The van der Waals surface area contributed by atoms with Crippen molar-refractivity contribution < 1.29 is 9.59 Å². The molecule has 0 fully saturated rings. The van der Waals surface area contributed by atoms with Crippen LogP contribution in [0, 0.1) is 0 Å². The Morgan fingerprint density at radius 1 is 1.21 bits per heavy atom. The van der Waals surface area contributed by atoms with Crippen LogP contribution in [0.5, 0.6) is 0 Å². The fraction of sp³-hybridized carbons (Fsp3) is 0.150. The Kier molecular flexibility index (Phi) is 6.40. The molecule has 0 spiro atoms. The number of anilines is 1. The van der Waals surface area contributed by atoms with Gasteiger partial charge in [0.25, 0.3) is 0 Å². The van der Waals surface area contributed by atoms with E-state index >= 15 is 0 Å². The lowest BCUT2D eigenvalue weighted by Gasteiger charge is -2.13. The van der Waals surface area contributed by atoms with Crippen molar-refractivity contribution in [2.45, 2.75) is 23.9 Å². The molecule has 3 N–H and O–H groups in total. The molecular formula is C20H20N6O2S. The largest absolute Gasteiger partial charge is 0.366 e. The highest BCUT2D eigenvalue weighted by molar-refractivity contribution is 8.00. The van der Waals surface area contributed by atoms with Crippen LogP contribution in [0.2, 0.25) is 0 Å². The van der Waals surface area contributed by atoms with Gasteiger partial charge in [0.2, 0.25) is 11.8 Å². The molecule has 0 aliphatic heterocycles. The van der Waals surface area contributed by atoms with Gasteiger partial charge in [-0.25, -0.2) is 0 Å². The number of rotatable bonds is 8. The summed E-state index contributed by atoms with van der Waals surface area (Å²) in [5.74, 6) is -0.0248. The molecule has 3 rings (SSSR count). The third kappa shape index (κ3) is 4.88. The standard InChI is InChI=1S/C20H20N6O2S/c1-3-12-26-18(15-8-10-22-11-9-15)24-25-20(26)29-13(2)19(28)23-16-6-4-14(5-7-16)17(21)27/h3-11,13H,1,12H2,2H3,(H2,21,27)(H,23,28)/t13-/m1/s1. The number of hydrogen-bond donors (Lipinski definition) is 2. The number of nitrogens with two attached hydrogens (primary N) is 1. The molecule has 0 unspecified atom stereocenters. The predicted molar refractivity (Wildman–Crippen MR) is 112 cm³/mol. The van der Waals surface area contributed by atoms with E-state index < -0.39 is 11.2 Å². The number of thioether (sulfide) groups is 1. The highest BCUT2D eigenvalue weighted by atomic mass is 32.2. The lowest BCUT2D eigenvalue weighted by Crippen LogP contribution is -2.23. The third-order valence-electron chi connectivity index (χ3n) is 4.06. The minimum Gasteiger partial charge on any atom is -0.366 e. The maximum atomic E-state index is 12.6. The second kappa shape index (κ2) is 9.16. The number of pyridine rings is 1. The highest BCUT2D eigenvalue weighted by Crippen LogP contribution is 2.27. The molecule has 1 atom stereocenters. The molecule has 0 aliphatic rings. The van der Waals surface area contributed by atoms with Gasteiger partial charge >= 0.3 is 0 Å². The van der Waals surface area contributed by atoms with E-state index in [1.54, 1.807) is 49.7 Å². The minimum absolute atomic E-state index is 0.194. The van der Waals surface area contributed by atoms with E-state index in [1.165, 1.54) is 11.8 Å². The van der Waals surface area contributed by atoms with Gasteiger partial charge in [-0.1, -0.05) is 17.8 Å². The first-order valence-electron chi connectivity index (χ1n) is 8.81. The van der Waals surface area contributed by atoms with E-state index in [1.807, 2.05) is 16.7 Å². The summed E-state index contributed by atoms with van der Waals surface area (Å²) in [6, 6.07) is 10.1. The molecule has 1 aromatic carbocycles. The lowest BCUT2D eigenvalue weighted by molar-refractivity contribution is -0.115. The van der Waals surface area contributed by atoms with Gasteiger partial charge < -0.3 is 11.1 Å². The van der Waals surface area contributed by atoms with Crippen molar-refractivity contribution >= 4 is 29.3 Å². The molecule has 2 heterocycles. The van der Waals surface area contributed by atoms with Crippen LogP contribution >= 0.6 is 11.8 Å². The Morgan fingerprint density at radius 3 is 2.52 bits per heavy atom. The molecule has 29 heavy (non-hydrogen) atoms. The van der Waals surface area contributed by atoms with Gasteiger partial charge in [0.1, 0.15) is 0 Å². The van der Waals surface area contributed by atoms with Crippen LogP contribution in [0.25, 0.3) is 11.4 Å². The Morgan fingerprint density at radius 2 is 1.90 bits per heavy atom.